The minimum Gasteiger partial charge on any atom is -0.494 e. The number of imidazole rings is 1. The Morgan fingerprint density at radius 3 is 2.36 bits per heavy atom. The number of methoxy groups -OCH3 is 1. The number of carbonyl (C=O) groups excluding carboxylic acids is 1. The first kappa shape index (κ1) is 22.3. The zero-order valence-corrected chi connectivity index (χ0v) is 19.3. The van der Waals surface area contributed by atoms with Crippen LogP contribution in [0.5, 0.6) is 5.75 Å². The molecule has 0 amide bonds. The third kappa shape index (κ3) is 4.51. The van der Waals surface area contributed by atoms with Gasteiger partial charge in [-0.25, -0.2) is 13.4 Å². The van der Waals surface area contributed by atoms with Gasteiger partial charge in [-0.2, -0.15) is 0 Å². The van der Waals surface area contributed by atoms with Crippen molar-refractivity contribution in [3.8, 4) is 22.6 Å². The Morgan fingerprint density at radius 2 is 1.70 bits per heavy atom. The maximum absolute atomic E-state index is 13.4. The van der Waals surface area contributed by atoms with Gasteiger partial charge in [-0.15, -0.1) is 0 Å². The van der Waals surface area contributed by atoms with Gasteiger partial charge in [-0.3, -0.25) is 9.52 Å². The quantitative estimate of drug-likeness (QED) is 0.397. The van der Waals surface area contributed by atoms with Gasteiger partial charge < -0.3 is 9.30 Å². The molecule has 0 saturated heterocycles. The molecular formula is C25H23N3O4S. The van der Waals surface area contributed by atoms with Crippen LogP contribution in [0.15, 0.2) is 84.1 Å². The van der Waals surface area contributed by atoms with Crippen LogP contribution in [0.25, 0.3) is 16.8 Å². The van der Waals surface area contributed by atoms with Crippen molar-refractivity contribution in [2.24, 2.45) is 0 Å². The third-order valence-electron chi connectivity index (χ3n) is 5.19. The maximum atomic E-state index is 13.4. The van der Waals surface area contributed by atoms with E-state index in [1.807, 2.05) is 13.1 Å². The average Bonchev–Trinajstić information content (AvgIpc) is 3.24. The molecule has 1 aromatic heterocycles. The third-order valence-corrected chi connectivity index (χ3v) is 6.63. The summed E-state index contributed by atoms with van der Waals surface area (Å²) >= 11 is 0. The number of ketones is 1. The van der Waals surface area contributed by atoms with Crippen LogP contribution in [0.4, 0.5) is 5.69 Å². The lowest BCUT2D eigenvalue weighted by molar-refractivity contribution is 0.101. The molecule has 0 atom stereocenters. The molecule has 4 rings (SSSR count). The number of carbonyl (C=O) groups is 1. The summed E-state index contributed by atoms with van der Waals surface area (Å²) in [5.41, 5.74) is 3.41. The molecule has 7 nitrogen and oxygen atoms in total. The standard InChI is InChI=1S/C25H23N3O4S/c1-17-15-28(16-26-17)23-13-12-19(14-24(23)32-3)27-33(30,31)25-11-7-6-10-22(25)21-9-5-4-8-20(21)18(2)29/h4-16,27H,1-3H3. The van der Waals surface area contributed by atoms with E-state index in [1.165, 1.54) is 20.1 Å². The Bertz CT molecular complexity index is 1440. The summed E-state index contributed by atoms with van der Waals surface area (Å²) in [5, 5.41) is 0. The van der Waals surface area contributed by atoms with Gasteiger partial charge in [0.05, 0.1) is 35.4 Å². The molecule has 1 heterocycles. The number of aromatic nitrogens is 2. The van der Waals surface area contributed by atoms with Crippen molar-refractivity contribution in [1.82, 2.24) is 9.55 Å². The molecule has 0 saturated carbocycles. The van der Waals surface area contributed by atoms with E-state index in [0.717, 1.165) is 11.4 Å². The number of sulfonamides is 1. The predicted molar refractivity (Wildman–Crippen MR) is 128 cm³/mol. The van der Waals surface area contributed by atoms with Crippen LogP contribution >= 0.6 is 0 Å². The van der Waals surface area contributed by atoms with Crippen molar-refractivity contribution in [3.05, 3.63) is 90.5 Å². The highest BCUT2D eigenvalue weighted by Crippen LogP contribution is 2.33. The lowest BCUT2D eigenvalue weighted by atomic mass is 9.97. The van der Waals surface area contributed by atoms with Gasteiger partial charge >= 0.3 is 0 Å². The zero-order valence-electron chi connectivity index (χ0n) is 18.4. The molecule has 4 aromatic rings. The number of anilines is 1. The van der Waals surface area contributed by atoms with Crippen LogP contribution < -0.4 is 9.46 Å². The minimum absolute atomic E-state index is 0.0759. The largest absolute Gasteiger partial charge is 0.494 e. The highest BCUT2D eigenvalue weighted by Gasteiger charge is 2.22. The fraction of sp³-hybridized carbons (Fsp3) is 0.120. The number of rotatable bonds is 7. The number of nitrogens with zero attached hydrogens (tertiary/aromatic N) is 2. The lowest BCUT2D eigenvalue weighted by Gasteiger charge is -2.16. The summed E-state index contributed by atoms with van der Waals surface area (Å²) in [6.45, 7) is 3.34. The molecule has 0 unspecified atom stereocenters. The van der Waals surface area contributed by atoms with Crippen LogP contribution in [0.1, 0.15) is 23.0 Å². The Morgan fingerprint density at radius 1 is 1.00 bits per heavy atom. The first-order valence-electron chi connectivity index (χ1n) is 10.2. The van der Waals surface area contributed by atoms with E-state index in [4.69, 9.17) is 4.74 Å². The molecule has 33 heavy (non-hydrogen) atoms. The SMILES string of the molecule is COc1cc(NS(=O)(=O)c2ccccc2-c2ccccc2C(C)=O)ccc1-n1cnc(C)c1. The van der Waals surface area contributed by atoms with Crippen LogP contribution in [0, 0.1) is 6.92 Å². The molecule has 0 aliphatic rings. The molecular weight excluding hydrogens is 438 g/mol. The highest BCUT2D eigenvalue weighted by molar-refractivity contribution is 7.92. The van der Waals surface area contributed by atoms with E-state index >= 15 is 0 Å². The summed E-state index contributed by atoms with van der Waals surface area (Å²) < 4.78 is 36.7. The van der Waals surface area contributed by atoms with Crippen molar-refractivity contribution >= 4 is 21.5 Å². The number of aryl methyl sites for hydroxylation is 1. The molecule has 0 radical (unpaired) electrons. The topological polar surface area (TPSA) is 90.3 Å². The van der Waals surface area contributed by atoms with Gasteiger partial charge in [0.1, 0.15) is 5.75 Å². The Labute approximate surface area is 192 Å². The number of ether oxygens (including phenoxy) is 1. The number of Topliss-reactive ketones (excluding diaryl/α,β-unsaturated/α-hetero) is 1. The van der Waals surface area contributed by atoms with E-state index in [9.17, 15) is 13.2 Å². The van der Waals surface area contributed by atoms with Crippen molar-refractivity contribution in [2.45, 2.75) is 18.7 Å². The molecule has 0 bridgehead atoms. The van der Waals surface area contributed by atoms with Crippen molar-refractivity contribution in [1.29, 1.82) is 0 Å². The Hall–Kier alpha value is -3.91. The van der Waals surface area contributed by atoms with Gasteiger partial charge in [0.15, 0.2) is 5.78 Å². The smallest absolute Gasteiger partial charge is 0.262 e. The Kier molecular flexibility index (Phi) is 6.02. The second kappa shape index (κ2) is 8.91. The second-order valence-corrected chi connectivity index (χ2v) is 9.16. The average molecular weight is 462 g/mol. The molecule has 0 aliphatic heterocycles. The van der Waals surface area contributed by atoms with Gasteiger partial charge in [-0.1, -0.05) is 42.5 Å². The summed E-state index contributed by atoms with van der Waals surface area (Å²) in [7, 11) is -2.45. The van der Waals surface area contributed by atoms with Crippen LogP contribution in [0.3, 0.4) is 0 Å². The van der Waals surface area contributed by atoms with Gasteiger partial charge in [-0.05, 0) is 37.6 Å². The van der Waals surface area contributed by atoms with Crippen LogP contribution in [-0.4, -0.2) is 30.9 Å². The zero-order chi connectivity index (χ0) is 23.6. The van der Waals surface area contributed by atoms with Crippen LogP contribution in [0.2, 0.25) is 0 Å². The number of hydrogen-bond acceptors (Lipinski definition) is 5. The summed E-state index contributed by atoms with van der Waals surface area (Å²) in [6.07, 6.45) is 3.52. The Balaban J connectivity index is 1.74. The molecule has 0 spiro atoms. The molecule has 1 N–H and O–H groups in total. The van der Waals surface area contributed by atoms with E-state index in [2.05, 4.69) is 9.71 Å². The van der Waals surface area contributed by atoms with E-state index < -0.39 is 10.0 Å². The fourth-order valence-corrected chi connectivity index (χ4v) is 4.94. The monoisotopic (exact) mass is 461 g/mol. The second-order valence-electron chi connectivity index (χ2n) is 7.51. The molecule has 168 valence electrons. The summed E-state index contributed by atoms with van der Waals surface area (Å²) in [4.78, 5) is 16.4. The first-order chi connectivity index (χ1) is 15.8. The molecule has 3 aromatic carbocycles. The fourth-order valence-electron chi connectivity index (χ4n) is 3.67. The van der Waals surface area contributed by atoms with E-state index in [0.29, 0.717) is 28.1 Å². The molecule has 0 fully saturated rings. The first-order valence-corrected chi connectivity index (χ1v) is 11.7. The van der Waals surface area contributed by atoms with E-state index in [-0.39, 0.29) is 10.7 Å². The van der Waals surface area contributed by atoms with Gasteiger partial charge in [0.2, 0.25) is 0 Å². The van der Waals surface area contributed by atoms with E-state index in [1.54, 1.807) is 71.6 Å². The normalized spacial score (nSPS) is 11.2. The maximum Gasteiger partial charge on any atom is 0.262 e. The number of hydrogen-bond donors (Lipinski definition) is 1. The lowest BCUT2D eigenvalue weighted by Crippen LogP contribution is -2.14. The molecule has 8 heteroatoms. The summed E-state index contributed by atoms with van der Waals surface area (Å²) in [5.74, 6) is 0.351. The highest BCUT2D eigenvalue weighted by atomic mass is 32.2. The van der Waals surface area contributed by atoms with Crippen molar-refractivity contribution < 1.29 is 17.9 Å². The van der Waals surface area contributed by atoms with Gasteiger partial charge in [0, 0.05) is 23.4 Å². The number of nitrogens with one attached hydrogen (secondary N) is 1. The summed E-state index contributed by atoms with van der Waals surface area (Å²) in [6, 6.07) is 18.6. The van der Waals surface area contributed by atoms with Gasteiger partial charge in [0.25, 0.3) is 10.0 Å². The van der Waals surface area contributed by atoms with Crippen molar-refractivity contribution in [2.75, 3.05) is 11.8 Å². The number of benzene rings is 3. The predicted octanol–water partition coefficient (Wildman–Crippen LogP) is 4.86. The molecule has 0 aliphatic carbocycles. The van der Waals surface area contributed by atoms with Crippen LogP contribution in [-0.2, 0) is 10.0 Å². The minimum atomic E-state index is -3.97. The van der Waals surface area contributed by atoms with Crippen molar-refractivity contribution in [3.63, 3.8) is 0 Å².